The van der Waals surface area contributed by atoms with Crippen LogP contribution in [-0.4, -0.2) is 41.0 Å². The van der Waals surface area contributed by atoms with Crippen LogP contribution >= 0.6 is 7.82 Å². The molecule has 1 atom stereocenters. The molecule has 0 heterocycles. The summed E-state index contributed by atoms with van der Waals surface area (Å²) in [6.45, 7) is 3.38. The van der Waals surface area contributed by atoms with Crippen LogP contribution in [0.4, 0.5) is 0 Å². The highest BCUT2D eigenvalue weighted by atomic mass is 31.2. The normalized spacial score (nSPS) is 13.0. The second kappa shape index (κ2) is 28.4. The SMILES string of the molecule is C/C=C/CCCCCCCC(=O)O[C@H](COC(=O)CCCCCCC/C=C/C/C=C/CCCCC)COP(=O)(O)O. The van der Waals surface area contributed by atoms with E-state index in [1.54, 1.807) is 0 Å². The van der Waals surface area contributed by atoms with Crippen LogP contribution in [0.5, 0.6) is 0 Å². The molecule has 0 saturated heterocycles. The Kier molecular flexibility index (Phi) is 27.2. The lowest BCUT2D eigenvalue weighted by atomic mass is 10.1. The van der Waals surface area contributed by atoms with Gasteiger partial charge in [0.05, 0.1) is 6.61 Å². The number of phosphoric ester groups is 1. The minimum Gasteiger partial charge on any atom is -0.462 e. The van der Waals surface area contributed by atoms with E-state index in [1.807, 2.05) is 13.0 Å². The zero-order valence-corrected chi connectivity index (χ0v) is 26.6. The first kappa shape index (κ1) is 39.3. The molecule has 2 N–H and O–H groups in total. The van der Waals surface area contributed by atoms with Gasteiger partial charge in [0.2, 0.25) is 0 Å². The molecule has 9 heteroatoms. The molecule has 0 spiro atoms. The van der Waals surface area contributed by atoms with Crippen LogP contribution in [0.3, 0.4) is 0 Å². The Morgan fingerprint density at radius 3 is 1.76 bits per heavy atom. The van der Waals surface area contributed by atoms with E-state index in [-0.39, 0.29) is 19.4 Å². The van der Waals surface area contributed by atoms with E-state index in [9.17, 15) is 14.2 Å². The lowest BCUT2D eigenvalue weighted by molar-refractivity contribution is -0.161. The summed E-state index contributed by atoms with van der Waals surface area (Å²) in [6.07, 6.45) is 30.4. The fourth-order valence-electron chi connectivity index (χ4n) is 4.11. The summed E-state index contributed by atoms with van der Waals surface area (Å²) >= 11 is 0. The first-order valence-corrected chi connectivity index (χ1v) is 17.3. The Morgan fingerprint density at radius 2 is 1.20 bits per heavy atom. The summed E-state index contributed by atoms with van der Waals surface area (Å²) in [7, 11) is -4.74. The van der Waals surface area contributed by atoms with E-state index in [1.165, 1.54) is 25.7 Å². The molecule has 0 amide bonds. The highest BCUT2D eigenvalue weighted by Gasteiger charge is 2.22. The number of carbonyl (C=O) groups excluding carboxylic acids is 2. The van der Waals surface area contributed by atoms with Crippen molar-refractivity contribution in [1.29, 1.82) is 0 Å². The Labute approximate surface area is 249 Å². The molecule has 0 aromatic heterocycles. The number of phosphoric acid groups is 1. The molecule has 0 aliphatic carbocycles. The van der Waals surface area contributed by atoms with Gasteiger partial charge in [-0.05, 0) is 64.7 Å². The second-order valence-corrected chi connectivity index (χ2v) is 11.7. The van der Waals surface area contributed by atoms with E-state index in [4.69, 9.17) is 19.3 Å². The molecular weight excluding hydrogens is 543 g/mol. The summed E-state index contributed by atoms with van der Waals surface area (Å²) in [5, 5.41) is 0. The van der Waals surface area contributed by atoms with Gasteiger partial charge in [0, 0.05) is 12.8 Å². The van der Waals surface area contributed by atoms with Crippen LogP contribution in [0.1, 0.15) is 136 Å². The zero-order valence-electron chi connectivity index (χ0n) is 25.7. The average molecular weight is 601 g/mol. The average Bonchev–Trinajstić information content (AvgIpc) is 2.93. The van der Waals surface area contributed by atoms with Crippen molar-refractivity contribution in [3.05, 3.63) is 36.5 Å². The largest absolute Gasteiger partial charge is 0.469 e. The molecule has 0 unspecified atom stereocenters. The molecule has 8 nitrogen and oxygen atoms in total. The van der Waals surface area contributed by atoms with E-state index >= 15 is 0 Å². The molecule has 0 saturated carbocycles. The molecule has 0 radical (unpaired) electrons. The molecule has 0 fully saturated rings. The number of allylic oxidation sites excluding steroid dienone is 6. The third-order valence-electron chi connectivity index (χ3n) is 6.48. The van der Waals surface area contributed by atoms with Crippen molar-refractivity contribution in [3.63, 3.8) is 0 Å². The molecule has 0 aromatic rings. The first-order chi connectivity index (χ1) is 19.8. The molecular formula is C32H57O8P. The maximum atomic E-state index is 12.2. The number of hydrogen-bond acceptors (Lipinski definition) is 6. The van der Waals surface area contributed by atoms with Gasteiger partial charge in [-0.3, -0.25) is 14.1 Å². The topological polar surface area (TPSA) is 119 Å². The van der Waals surface area contributed by atoms with E-state index in [0.29, 0.717) is 12.8 Å². The van der Waals surface area contributed by atoms with Gasteiger partial charge >= 0.3 is 19.8 Å². The van der Waals surface area contributed by atoms with Crippen LogP contribution in [0.2, 0.25) is 0 Å². The molecule has 0 aliphatic rings. The van der Waals surface area contributed by atoms with Crippen LogP contribution in [0.15, 0.2) is 36.5 Å². The van der Waals surface area contributed by atoms with Gasteiger partial charge in [-0.15, -0.1) is 0 Å². The molecule has 0 aliphatic heterocycles. The van der Waals surface area contributed by atoms with Crippen LogP contribution < -0.4 is 0 Å². The molecule has 238 valence electrons. The quantitative estimate of drug-likeness (QED) is 0.0396. The van der Waals surface area contributed by atoms with Gasteiger partial charge in [-0.1, -0.05) is 94.7 Å². The first-order valence-electron chi connectivity index (χ1n) is 15.7. The fourth-order valence-corrected chi connectivity index (χ4v) is 4.47. The fraction of sp³-hybridized carbons (Fsp3) is 0.750. The van der Waals surface area contributed by atoms with Crippen molar-refractivity contribution in [2.75, 3.05) is 13.2 Å². The van der Waals surface area contributed by atoms with E-state index < -0.39 is 32.5 Å². The third-order valence-corrected chi connectivity index (χ3v) is 6.96. The number of hydrogen-bond donors (Lipinski definition) is 2. The van der Waals surface area contributed by atoms with Crippen molar-refractivity contribution in [3.8, 4) is 0 Å². The molecule has 0 aromatic carbocycles. The van der Waals surface area contributed by atoms with Gasteiger partial charge in [0.25, 0.3) is 0 Å². The second-order valence-electron chi connectivity index (χ2n) is 10.4. The highest BCUT2D eigenvalue weighted by Crippen LogP contribution is 2.35. The minimum atomic E-state index is -4.74. The summed E-state index contributed by atoms with van der Waals surface area (Å²) < 4.78 is 26.1. The predicted molar refractivity (Wildman–Crippen MR) is 165 cm³/mol. The van der Waals surface area contributed by atoms with E-state index in [2.05, 4.69) is 41.8 Å². The number of carbonyl (C=O) groups is 2. The van der Waals surface area contributed by atoms with Gasteiger partial charge < -0.3 is 19.3 Å². The summed E-state index contributed by atoms with van der Waals surface area (Å²) in [4.78, 5) is 42.3. The summed E-state index contributed by atoms with van der Waals surface area (Å²) in [5.74, 6) is -0.922. The standard InChI is InChI=1S/C32H57O8P/c1-3-5-7-9-11-13-14-15-16-17-18-19-21-22-24-26-31(33)38-28-30(29-39-41(35,36)37)40-32(34)27-25-23-20-12-10-8-6-4-2/h4,6,11,13,15-16,30H,3,5,7-10,12,14,17-29H2,1-2H3,(H2,35,36,37)/b6-4+,13-11+,16-15+/t30-/m1/s1. The van der Waals surface area contributed by atoms with Gasteiger partial charge in [0.1, 0.15) is 6.61 Å². The van der Waals surface area contributed by atoms with Gasteiger partial charge in [-0.25, -0.2) is 4.57 Å². The lowest BCUT2D eigenvalue weighted by Gasteiger charge is -2.18. The van der Waals surface area contributed by atoms with E-state index in [0.717, 1.165) is 70.6 Å². The Bertz CT molecular complexity index is 772. The predicted octanol–water partition coefficient (Wildman–Crippen LogP) is 8.67. The van der Waals surface area contributed by atoms with Crippen LogP contribution in [0.25, 0.3) is 0 Å². The minimum absolute atomic E-state index is 0.196. The molecule has 0 rings (SSSR count). The Balaban J connectivity index is 4.03. The summed E-state index contributed by atoms with van der Waals surface area (Å²) in [5.41, 5.74) is 0. The number of esters is 2. The van der Waals surface area contributed by atoms with Gasteiger partial charge in [0.15, 0.2) is 6.10 Å². The number of unbranched alkanes of at least 4 members (excludes halogenated alkanes) is 13. The zero-order chi connectivity index (χ0) is 30.4. The number of ether oxygens (including phenoxy) is 2. The van der Waals surface area contributed by atoms with Crippen molar-refractivity contribution >= 4 is 19.8 Å². The van der Waals surface area contributed by atoms with Gasteiger partial charge in [-0.2, -0.15) is 0 Å². The Hall–Kier alpha value is -1.73. The maximum Gasteiger partial charge on any atom is 0.469 e. The van der Waals surface area contributed by atoms with Crippen molar-refractivity contribution in [2.24, 2.45) is 0 Å². The smallest absolute Gasteiger partial charge is 0.462 e. The Morgan fingerprint density at radius 1 is 0.683 bits per heavy atom. The third kappa shape index (κ3) is 31.0. The lowest BCUT2D eigenvalue weighted by Crippen LogP contribution is -2.29. The van der Waals surface area contributed by atoms with Crippen molar-refractivity contribution < 1.29 is 37.9 Å². The monoisotopic (exact) mass is 600 g/mol. The van der Waals surface area contributed by atoms with Crippen LogP contribution in [-0.2, 0) is 28.2 Å². The highest BCUT2D eigenvalue weighted by molar-refractivity contribution is 7.46. The maximum absolute atomic E-state index is 12.2. The van der Waals surface area contributed by atoms with Crippen molar-refractivity contribution in [1.82, 2.24) is 0 Å². The molecule has 0 bridgehead atoms. The summed E-state index contributed by atoms with van der Waals surface area (Å²) in [6, 6.07) is 0. The van der Waals surface area contributed by atoms with Crippen molar-refractivity contribution in [2.45, 2.75) is 142 Å². The number of rotatable bonds is 28. The molecule has 41 heavy (non-hydrogen) atoms. The van der Waals surface area contributed by atoms with Crippen LogP contribution in [0, 0.1) is 0 Å².